The van der Waals surface area contributed by atoms with Crippen LogP contribution in [-0.2, 0) is 9.53 Å². The largest absolute Gasteiger partial charge is 0.573 e. The van der Waals surface area contributed by atoms with Gasteiger partial charge in [0, 0.05) is 5.69 Å². The van der Waals surface area contributed by atoms with E-state index in [0.717, 1.165) is 17.7 Å². The van der Waals surface area contributed by atoms with Gasteiger partial charge in [-0.05, 0) is 55.8 Å². The fraction of sp³-hybridized carbons (Fsp3) is 0.263. The Bertz CT molecular complexity index is 850. The van der Waals surface area contributed by atoms with Gasteiger partial charge in [0.25, 0.3) is 5.91 Å². The molecule has 0 fully saturated rings. The van der Waals surface area contributed by atoms with E-state index < -0.39 is 30.1 Å². The summed E-state index contributed by atoms with van der Waals surface area (Å²) in [5.74, 6) is -1.27. The average molecular weight is 397 g/mol. The zero-order valence-corrected chi connectivity index (χ0v) is 15.3. The van der Waals surface area contributed by atoms with Gasteiger partial charge < -0.3 is 19.5 Å². The first-order valence-corrected chi connectivity index (χ1v) is 8.11. The number of nitrogens with one attached hydrogen (secondary N) is 1. The first-order valence-electron chi connectivity index (χ1n) is 8.11. The minimum Gasteiger partial charge on any atom is -0.496 e. The van der Waals surface area contributed by atoms with E-state index in [1.165, 1.54) is 32.2 Å². The standard InChI is InChI=1S/C19H18F3NO5/c1-11-4-5-13(10-16(11)26-3)18(25)27-12(2)17(24)23-14-6-8-15(9-7-14)28-19(20,21)22/h4-10,12H,1-3H3,(H,23,24)/t12-/m0/s1. The second-order valence-electron chi connectivity index (χ2n) is 5.79. The molecule has 0 aromatic heterocycles. The molecule has 6 nitrogen and oxygen atoms in total. The monoisotopic (exact) mass is 397 g/mol. The summed E-state index contributed by atoms with van der Waals surface area (Å²) in [6.45, 7) is 3.19. The van der Waals surface area contributed by atoms with E-state index >= 15 is 0 Å². The maximum absolute atomic E-state index is 12.2. The summed E-state index contributed by atoms with van der Waals surface area (Å²) < 4.78 is 50.4. The van der Waals surface area contributed by atoms with Crippen LogP contribution >= 0.6 is 0 Å². The Morgan fingerprint density at radius 3 is 2.29 bits per heavy atom. The normalized spacial score (nSPS) is 12.1. The van der Waals surface area contributed by atoms with Crippen molar-refractivity contribution in [3.05, 3.63) is 53.6 Å². The Labute approximate surface area is 159 Å². The first kappa shape index (κ1) is 21.1. The zero-order valence-electron chi connectivity index (χ0n) is 15.3. The van der Waals surface area contributed by atoms with Crippen molar-refractivity contribution in [2.45, 2.75) is 26.3 Å². The lowest BCUT2D eigenvalue weighted by atomic mass is 10.1. The molecule has 1 N–H and O–H groups in total. The quantitative estimate of drug-likeness (QED) is 0.744. The highest BCUT2D eigenvalue weighted by atomic mass is 19.4. The molecule has 150 valence electrons. The maximum atomic E-state index is 12.2. The predicted octanol–water partition coefficient (Wildman–Crippen LogP) is 4.09. The van der Waals surface area contributed by atoms with Gasteiger partial charge in [0.15, 0.2) is 6.10 Å². The maximum Gasteiger partial charge on any atom is 0.573 e. The molecule has 0 unspecified atom stereocenters. The van der Waals surface area contributed by atoms with Crippen LogP contribution in [0.3, 0.4) is 0 Å². The van der Waals surface area contributed by atoms with Gasteiger partial charge in [-0.1, -0.05) is 6.07 Å². The number of aryl methyl sites for hydroxylation is 1. The third-order valence-electron chi connectivity index (χ3n) is 3.65. The van der Waals surface area contributed by atoms with Crippen molar-refractivity contribution >= 4 is 17.6 Å². The van der Waals surface area contributed by atoms with Gasteiger partial charge in [0.05, 0.1) is 12.7 Å². The van der Waals surface area contributed by atoms with E-state index in [1.807, 2.05) is 6.92 Å². The van der Waals surface area contributed by atoms with E-state index in [0.29, 0.717) is 5.75 Å². The Hall–Kier alpha value is -3.23. The Balaban J connectivity index is 1.96. The zero-order chi connectivity index (χ0) is 20.9. The number of ether oxygens (including phenoxy) is 3. The van der Waals surface area contributed by atoms with Crippen LogP contribution in [0, 0.1) is 6.92 Å². The van der Waals surface area contributed by atoms with E-state index in [9.17, 15) is 22.8 Å². The molecule has 2 aromatic carbocycles. The summed E-state index contributed by atoms with van der Waals surface area (Å²) in [6.07, 6.45) is -5.93. The molecular formula is C19H18F3NO5. The van der Waals surface area contributed by atoms with Crippen molar-refractivity contribution in [3.63, 3.8) is 0 Å². The summed E-state index contributed by atoms with van der Waals surface area (Å²) >= 11 is 0. The second-order valence-corrected chi connectivity index (χ2v) is 5.79. The first-order chi connectivity index (χ1) is 13.1. The lowest BCUT2D eigenvalue weighted by Crippen LogP contribution is -2.30. The molecule has 2 aromatic rings. The average Bonchev–Trinajstić information content (AvgIpc) is 2.62. The number of rotatable bonds is 6. The van der Waals surface area contributed by atoms with E-state index in [1.54, 1.807) is 12.1 Å². The van der Waals surface area contributed by atoms with Crippen LogP contribution in [0.1, 0.15) is 22.8 Å². The molecule has 9 heteroatoms. The van der Waals surface area contributed by atoms with Crippen molar-refractivity contribution in [1.29, 1.82) is 0 Å². The van der Waals surface area contributed by atoms with Gasteiger partial charge in [-0.3, -0.25) is 4.79 Å². The third kappa shape index (κ3) is 5.90. The number of amides is 1. The number of halogens is 3. The number of methoxy groups -OCH3 is 1. The van der Waals surface area contributed by atoms with Crippen molar-refractivity contribution in [2.24, 2.45) is 0 Å². The highest BCUT2D eigenvalue weighted by molar-refractivity contribution is 5.97. The van der Waals surface area contributed by atoms with Crippen LogP contribution in [-0.4, -0.2) is 31.5 Å². The molecule has 0 saturated heterocycles. The summed E-state index contributed by atoms with van der Waals surface area (Å²) in [7, 11) is 1.47. The van der Waals surface area contributed by atoms with E-state index in [2.05, 4.69) is 10.1 Å². The lowest BCUT2D eigenvalue weighted by molar-refractivity contribution is -0.274. The molecule has 0 radical (unpaired) electrons. The summed E-state index contributed by atoms with van der Waals surface area (Å²) in [4.78, 5) is 24.3. The summed E-state index contributed by atoms with van der Waals surface area (Å²) in [5.41, 5.74) is 1.28. The van der Waals surface area contributed by atoms with Gasteiger partial charge in [0.1, 0.15) is 11.5 Å². The van der Waals surface area contributed by atoms with Crippen molar-refractivity contribution in [1.82, 2.24) is 0 Å². The molecule has 2 rings (SSSR count). The smallest absolute Gasteiger partial charge is 0.496 e. The van der Waals surface area contributed by atoms with Gasteiger partial charge in [0.2, 0.25) is 0 Å². The van der Waals surface area contributed by atoms with Gasteiger partial charge >= 0.3 is 12.3 Å². The Kier molecular flexibility index (Phi) is 6.50. The van der Waals surface area contributed by atoms with Crippen molar-refractivity contribution in [3.8, 4) is 11.5 Å². The Morgan fingerprint density at radius 1 is 1.07 bits per heavy atom. The van der Waals surface area contributed by atoms with Crippen LogP contribution in [0.25, 0.3) is 0 Å². The molecule has 28 heavy (non-hydrogen) atoms. The number of esters is 1. The number of carbonyl (C=O) groups is 2. The molecule has 0 bridgehead atoms. The van der Waals surface area contributed by atoms with Crippen LogP contribution < -0.4 is 14.8 Å². The van der Waals surface area contributed by atoms with E-state index in [4.69, 9.17) is 9.47 Å². The summed E-state index contributed by atoms with van der Waals surface area (Å²) in [6, 6.07) is 9.31. The molecule has 1 amide bonds. The number of alkyl halides is 3. The van der Waals surface area contributed by atoms with Gasteiger partial charge in [-0.2, -0.15) is 0 Å². The van der Waals surface area contributed by atoms with Crippen LogP contribution in [0.4, 0.5) is 18.9 Å². The number of benzene rings is 2. The summed E-state index contributed by atoms with van der Waals surface area (Å²) in [5, 5.41) is 2.44. The highest BCUT2D eigenvalue weighted by Gasteiger charge is 2.31. The fourth-order valence-corrected chi connectivity index (χ4v) is 2.21. The number of carbonyl (C=O) groups excluding carboxylic acids is 2. The molecule has 0 spiro atoms. The minimum atomic E-state index is -4.80. The minimum absolute atomic E-state index is 0.218. The fourth-order valence-electron chi connectivity index (χ4n) is 2.21. The molecule has 0 aliphatic heterocycles. The van der Waals surface area contributed by atoms with Crippen molar-refractivity contribution in [2.75, 3.05) is 12.4 Å². The topological polar surface area (TPSA) is 73.9 Å². The lowest BCUT2D eigenvalue weighted by Gasteiger charge is -2.15. The number of hydrogen-bond donors (Lipinski definition) is 1. The third-order valence-corrected chi connectivity index (χ3v) is 3.65. The Morgan fingerprint density at radius 2 is 1.71 bits per heavy atom. The predicted molar refractivity (Wildman–Crippen MR) is 94.4 cm³/mol. The molecular weight excluding hydrogens is 379 g/mol. The highest BCUT2D eigenvalue weighted by Crippen LogP contribution is 2.24. The molecule has 0 heterocycles. The molecule has 0 aliphatic rings. The SMILES string of the molecule is COc1cc(C(=O)O[C@@H](C)C(=O)Nc2ccc(OC(F)(F)F)cc2)ccc1C. The van der Waals surface area contributed by atoms with Gasteiger partial charge in [-0.15, -0.1) is 13.2 Å². The number of hydrogen-bond acceptors (Lipinski definition) is 5. The van der Waals surface area contributed by atoms with Crippen LogP contribution in [0.5, 0.6) is 11.5 Å². The number of anilines is 1. The molecule has 0 aliphatic carbocycles. The van der Waals surface area contributed by atoms with Gasteiger partial charge in [-0.25, -0.2) is 4.79 Å². The van der Waals surface area contributed by atoms with Crippen molar-refractivity contribution < 1.29 is 37.0 Å². The molecule has 1 atom stereocenters. The van der Waals surface area contributed by atoms with Crippen LogP contribution in [0.2, 0.25) is 0 Å². The second kappa shape index (κ2) is 8.64. The van der Waals surface area contributed by atoms with E-state index in [-0.39, 0.29) is 11.3 Å². The van der Waals surface area contributed by atoms with Crippen LogP contribution in [0.15, 0.2) is 42.5 Å². The molecule has 0 saturated carbocycles.